The number of primary amides is 1. The number of imidazole rings is 1. The summed E-state index contributed by atoms with van der Waals surface area (Å²) in [4.78, 5) is 18.7. The van der Waals surface area contributed by atoms with E-state index in [1.54, 1.807) is 18.2 Å². The highest BCUT2D eigenvalue weighted by Gasteiger charge is 2.20. The van der Waals surface area contributed by atoms with E-state index in [0.29, 0.717) is 17.1 Å². The topological polar surface area (TPSA) is 110 Å². The molecular weight excluding hydrogens is 346 g/mol. The van der Waals surface area contributed by atoms with Gasteiger partial charge in [0.05, 0.1) is 23.2 Å². The lowest BCUT2D eigenvalue weighted by molar-refractivity contribution is 0.0666. The van der Waals surface area contributed by atoms with Gasteiger partial charge in [-0.15, -0.1) is 0 Å². The van der Waals surface area contributed by atoms with Crippen LogP contribution < -0.4 is 15.2 Å². The van der Waals surface area contributed by atoms with Gasteiger partial charge in [-0.1, -0.05) is 0 Å². The second kappa shape index (κ2) is 7.28. The highest BCUT2D eigenvalue weighted by atomic mass is 16.5. The van der Waals surface area contributed by atoms with Crippen molar-refractivity contribution < 1.29 is 19.4 Å². The molecule has 3 aromatic rings. The number of ether oxygens (including phenoxy) is 2. The van der Waals surface area contributed by atoms with E-state index in [-0.39, 0.29) is 12.2 Å². The van der Waals surface area contributed by atoms with Crippen molar-refractivity contribution in [3.63, 3.8) is 0 Å². The minimum absolute atomic E-state index is 0.161. The summed E-state index contributed by atoms with van der Waals surface area (Å²) in [6, 6.07) is 12.9. The van der Waals surface area contributed by atoms with Gasteiger partial charge in [-0.3, -0.25) is 0 Å². The van der Waals surface area contributed by atoms with Crippen molar-refractivity contribution in [3.05, 3.63) is 42.5 Å². The molecule has 0 spiro atoms. The van der Waals surface area contributed by atoms with Crippen molar-refractivity contribution in [1.82, 2.24) is 9.97 Å². The fourth-order valence-electron chi connectivity index (χ4n) is 3.35. The minimum atomic E-state index is -0.854. The number of H-pyrrole nitrogens is 1. The molecule has 7 nitrogen and oxygen atoms in total. The molecule has 140 valence electrons. The second-order valence-electron chi connectivity index (χ2n) is 6.76. The SMILES string of the molecule is NC(=O)Oc1ccc2[nH]c(-c3ccc(OC4CCC(O)CC4)cc3)nc2c1. The molecule has 1 aliphatic rings. The van der Waals surface area contributed by atoms with E-state index in [4.69, 9.17) is 15.2 Å². The lowest BCUT2D eigenvalue weighted by atomic mass is 9.95. The molecule has 4 rings (SSSR count). The quantitative estimate of drug-likeness (QED) is 0.655. The number of nitrogens with zero attached hydrogens (tertiary/aromatic N) is 1. The number of hydrogen-bond donors (Lipinski definition) is 3. The van der Waals surface area contributed by atoms with Crippen LogP contribution in [0.5, 0.6) is 11.5 Å². The van der Waals surface area contributed by atoms with Crippen LogP contribution in [0, 0.1) is 0 Å². The smallest absolute Gasteiger partial charge is 0.409 e. The standard InChI is InChI=1S/C20H21N3O4/c21-20(25)27-16-9-10-17-18(11-16)23-19(22-17)12-1-5-14(6-2-12)26-15-7-3-13(24)4-8-15/h1-2,5-6,9-11,13,15,24H,3-4,7-8H2,(H2,21,25)(H,22,23). The Bertz CT molecular complexity index is 944. The van der Waals surface area contributed by atoms with Gasteiger partial charge in [0.15, 0.2) is 0 Å². The molecule has 1 fully saturated rings. The van der Waals surface area contributed by atoms with Crippen LogP contribution in [0.4, 0.5) is 4.79 Å². The maximum Gasteiger partial charge on any atom is 0.409 e. The largest absolute Gasteiger partial charge is 0.490 e. The van der Waals surface area contributed by atoms with Gasteiger partial charge in [0, 0.05) is 11.6 Å². The average molecular weight is 367 g/mol. The Balaban J connectivity index is 1.49. The molecule has 2 aromatic carbocycles. The van der Waals surface area contributed by atoms with Crippen molar-refractivity contribution in [2.24, 2.45) is 5.73 Å². The Kier molecular flexibility index (Phi) is 4.68. The van der Waals surface area contributed by atoms with Crippen LogP contribution in [-0.2, 0) is 0 Å². The van der Waals surface area contributed by atoms with Gasteiger partial charge in [-0.05, 0) is 62.1 Å². The van der Waals surface area contributed by atoms with E-state index in [2.05, 4.69) is 9.97 Å². The molecular formula is C20H21N3O4. The van der Waals surface area contributed by atoms with Crippen LogP contribution in [0.2, 0.25) is 0 Å². The maximum atomic E-state index is 10.9. The highest BCUT2D eigenvalue weighted by Crippen LogP contribution is 2.27. The molecule has 0 radical (unpaired) electrons. The fraction of sp³-hybridized carbons (Fsp3) is 0.300. The Morgan fingerprint density at radius 1 is 1.07 bits per heavy atom. The molecule has 27 heavy (non-hydrogen) atoms. The summed E-state index contributed by atoms with van der Waals surface area (Å²) in [7, 11) is 0. The number of nitrogens with two attached hydrogens (primary N) is 1. The van der Waals surface area contributed by atoms with Crippen LogP contribution in [-0.4, -0.2) is 33.4 Å². The summed E-state index contributed by atoms with van der Waals surface area (Å²) in [5.41, 5.74) is 7.49. The number of aromatic amines is 1. The van der Waals surface area contributed by atoms with Crippen molar-refractivity contribution in [2.45, 2.75) is 37.9 Å². The molecule has 0 unspecified atom stereocenters. The lowest BCUT2D eigenvalue weighted by Gasteiger charge is -2.26. The van der Waals surface area contributed by atoms with Crippen LogP contribution >= 0.6 is 0 Å². The third-order valence-corrected chi connectivity index (χ3v) is 4.75. The minimum Gasteiger partial charge on any atom is -0.490 e. The second-order valence-corrected chi connectivity index (χ2v) is 6.76. The fourth-order valence-corrected chi connectivity index (χ4v) is 3.35. The summed E-state index contributed by atoms with van der Waals surface area (Å²) in [5, 5.41) is 9.58. The normalized spacial score (nSPS) is 19.7. The Hall–Kier alpha value is -3.06. The van der Waals surface area contributed by atoms with E-state index in [1.807, 2.05) is 24.3 Å². The first-order chi connectivity index (χ1) is 13.1. The van der Waals surface area contributed by atoms with E-state index in [9.17, 15) is 9.90 Å². The first-order valence-corrected chi connectivity index (χ1v) is 8.99. The third kappa shape index (κ3) is 4.03. The number of aromatic nitrogens is 2. The zero-order valence-corrected chi connectivity index (χ0v) is 14.7. The number of carbonyl (C=O) groups is 1. The molecule has 1 heterocycles. The maximum absolute atomic E-state index is 10.9. The Morgan fingerprint density at radius 3 is 2.48 bits per heavy atom. The molecule has 1 aliphatic carbocycles. The van der Waals surface area contributed by atoms with E-state index >= 15 is 0 Å². The van der Waals surface area contributed by atoms with E-state index in [1.165, 1.54) is 0 Å². The molecule has 0 atom stereocenters. The molecule has 0 saturated heterocycles. The van der Waals surface area contributed by atoms with Crippen molar-refractivity contribution in [1.29, 1.82) is 0 Å². The number of fused-ring (bicyclic) bond motifs is 1. The van der Waals surface area contributed by atoms with Gasteiger partial charge in [0.1, 0.15) is 17.3 Å². The van der Waals surface area contributed by atoms with Gasteiger partial charge < -0.3 is 25.3 Å². The molecule has 1 saturated carbocycles. The Morgan fingerprint density at radius 2 is 1.78 bits per heavy atom. The molecule has 0 aliphatic heterocycles. The Labute approximate surface area is 156 Å². The van der Waals surface area contributed by atoms with Crippen LogP contribution in [0.3, 0.4) is 0 Å². The predicted octanol–water partition coefficient (Wildman–Crippen LogP) is 3.37. The van der Waals surface area contributed by atoms with Gasteiger partial charge >= 0.3 is 6.09 Å². The zero-order chi connectivity index (χ0) is 18.8. The zero-order valence-electron chi connectivity index (χ0n) is 14.7. The van der Waals surface area contributed by atoms with Crippen LogP contribution in [0.25, 0.3) is 22.4 Å². The number of aliphatic hydroxyl groups excluding tert-OH is 1. The number of carbonyl (C=O) groups excluding carboxylic acids is 1. The van der Waals surface area contributed by atoms with Gasteiger partial charge in [-0.2, -0.15) is 0 Å². The summed E-state index contributed by atoms with van der Waals surface area (Å²) in [6.07, 6.45) is 2.47. The molecule has 0 bridgehead atoms. The molecule has 4 N–H and O–H groups in total. The third-order valence-electron chi connectivity index (χ3n) is 4.75. The van der Waals surface area contributed by atoms with Gasteiger partial charge in [-0.25, -0.2) is 9.78 Å². The summed E-state index contributed by atoms with van der Waals surface area (Å²) < 4.78 is 10.9. The summed E-state index contributed by atoms with van der Waals surface area (Å²) in [6.45, 7) is 0. The molecule has 7 heteroatoms. The monoisotopic (exact) mass is 367 g/mol. The van der Waals surface area contributed by atoms with Crippen molar-refractivity contribution in [2.75, 3.05) is 0 Å². The van der Waals surface area contributed by atoms with Gasteiger partial charge in [0.2, 0.25) is 0 Å². The van der Waals surface area contributed by atoms with E-state index < -0.39 is 6.09 Å². The number of aliphatic hydroxyl groups is 1. The van der Waals surface area contributed by atoms with Crippen LogP contribution in [0.1, 0.15) is 25.7 Å². The average Bonchev–Trinajstić information content (AvgIpc) is 3.07. The van der Waals surface area contributed by atoms with Crippen molar-refractivity contribution >= 4 is 17.1 Å². The summed E-state index contributed by atoms with van der Waals surface area (Å²) >= 11 is 0. The number of benzene rings is 2. The van der Waals surface area contributed by atoms with Crippen LogP contribution in [0.15, 0.2) is 42.5 Å². The number of rotatable bonds is 4. The molecule has 1 amide bonds. The number of hydrogen-bond acceptors (Lipinski definition) is 5. The predicted molar refractivity (Wildman–Crippen MR) is 101 cm³/mol. The lowest BCUT2D eigenvalue weighted by Crippen LogP contribution is -2.26. The number of amides is 1. The first-order valence-electron chi connectivity index (χ1n) is 8.99. The summed E-state index contributed by atoms with van der Waals surface area (Å²) in [5.74, 6) is 1.89. The highest BCUT2D eigenvalue weighted by molar-refractivity contribution is 5.81. The molecule has 1 aromatic heterocycles. The van der Waals surface area contributed by atoms with Gasteiger partial charge in [0.25, 0.3) is 0 Å². The van der Waals surface area contributed by atoms with Crippen molar-refractivity contribution in [3.8, 4) is 22.9 Å². The van der Waals surface area contributed by atoms with E-state index in [0.717, 1.165) is 42.5 Å². The number of nitrogens with one attached hydrogen (secondary N) is 1. The first kappa shape index (κ1) is 17.4.